The van der Waals surface area contributed by atoms with Crippen molar-refractivity contribution >= 4 is 20.0 Å². The van der Waals surface area contributed by atoms with Crippen molar-refractivity contribution in [2.45, 2.75) is 58.5 Å². The largest absolute Gasteiger partial charge is 0.465 e. The maximum absolute atomic E-state index is 11.5. The summed E-state index contributed by atoms with van der Waals surface area (Å²) >= 11 is 0. The number of ether oxygens (including phenoxy) is 1. The number of nitrogens with one attached hydrogen (secondary N) is 1. The van der Waals surface area contributed by atoms with E-state index in [1.165, 1.54) is 19.2 Å². The van der Waals surface area contributed by atoms with Crippen LogP contribution in [0.5, 0.6) is 0 Å². The maximum atomic E-state index is 11.5. The van der Waals surface area contributed by atoms with Crippen LogP contribution in [0, 0.1) is 10.1 Å². The fraction of sp³-hybridized carbons (Fsp3) is 0.611. The Hall–Kier alpha value is -1.77. The van der Waals surface area contributed by atoms with E-state index in [0.717, 1.165) is 0 Å². The molecule has 1 aromatic carbocycles. The van der Waals surface area contributed by atoms with Crippen LogP contribution in [0.25, 0.3) is 0 Å². The van der Waals surface area contributed by atoms with E-state index in [0.29, 0.717) is 18.7 Å². The first-order valence-corrected chi connectivity index (χ1v) is 11.5. The Bertz CT molecular complexity index is 655. The van der Waals surface area contributed by atoms with Gasteiger partial charge in [0.15, 0.2) is 8.32 Å². The van der Waals surface area contributed by atoms with Gasteiger partial charge in [-0.25, -0.2) is 4.79 Å². The molecule has 0 saturated heterocycles. The molecule has 0 bridgehead atoms. The number of nitrogens with zero attached hydrogens (tertiary/aromatic N) is 1. The second-order valence-corrected chi connectivity index (χ2v) is 12.7. The van der Waals surface area contributed by atoms with Gasteiger partial charge in [-0.2, -0.15) is 0 Å². The summed E-state index contributed by atoms with van der Waals surface area (Å²) < 4.78 is 10.9. The fourth-order valence-corrected chi connectivity index (χ4v) is 3.70. The van der Waals surface area contributed by atoms with Crippen LogP contribution in [0.2, 0.25) is 18.1 Å². The van der Waals surface area contributed by atoms with Gasteiger partial charge >= 0.3 is 5.97 Å². The molecule has 0 heterocycles. The normalized spacial score (nSPS) is 13.3. The van der Waals surface area contributed by atoms with Gasteiger partial charge in [0.25, 0.3) is 5.69 Å². The minimum atomic E-state index is -1.85. The minimum Gasteiger partial charge on any atom is -0.465 e. The lowest BCUT2D eigenvalue weighted by atomic mass is 10.1. The molecule has 0 aromatic heterocycles. The molecule has 8 heteroatoms. The van der Waals surface area contributed by atoms with Crippen LogP contribution in [-0.4, -0.2) is 39.0 Å². The van der Waals surface area contributed by atoms with Gasteiger partial charge in [0.2, 0.25) is 0 Å². The minimum absolute atomic E-state index is 0.00397. The molecule has 1 rings (SSSR count). The molecule has 0 aliphatic rings. The van der Waals surface area contributed by atoms with E-state index in [1.54, 1.807) is 6.07 Å². The smallest absolute Gasteiger partial charge is 0.338 e. The fourth-order valence-electron chi connectivity index (χ4n) is 2.26. The van der Waals surface area contributed by atoms with E-state index in [1.807, 2.05) is 6.92 Å². The molecule has 0 saturated carbocycles. The Morgan fingerprint density at radius 3 is 2.46 bits per heavy atom. The van der Waals surface area contributed by atoms with Crippen LogP contribution >= 0.6 is 0 Å². The van der Waals surface area contributed by atoms with Gasteiger partial charge in [0, 0.05) is 24.7 Å². The van der Waals surface area contributed by atoms with E-state index < -0.39 is 19.2 Å². The van der Waals surface area contributed by atoms with Gasteiger partial charge in [0.1, 0.15) is 0 Å². The van der Waals surface area contributed by atoms with Gasteiger partial charge in [-0.1, -0.05) is 26.8 Å². The third-order valence-corrected chi connectivity index (χ3v) is 9.36. The Balaban J connectivity index is 2.73. The van der Waals surface area contributed by atoms with Gasteiger partial charge < -0.3 is 14.5 Å². The third-order valence-electron chi connectivity index (χ3n) is 4.75. The Kier molecular flexibility index (Phi) is 7.49. The summed E-state index contributed by atoms with van der Waals surface area (Å²) in [4.78, 5) is 22.3. The van der Waals surface area contributed by atoms with E-state index in [4.69, 9.17) is 4.43 Å². The van der Waals surface area contributed by atoms with E-state index in [9.17, 15) is 14.9 Å². The maximum Gasteiger partial charge on any atom is 0.338 e. The number of benzene rings is 1. The average molecular weight is 383 g/mol. The molecule has 7 nitrogen and oxygen atoms in total. The van der Waals surface area contributed by atoms with Crippen molar-refractivity contribution < 1.29 is 18.9 Å². The molecule has 0 radical (unpaired) electrons. The molecular weight excluding hydrogens is 352 g/mol. The molecule has 1 aromatic rings. The molecule has 146 valence electrons. The number of nitro benzene ring substituents is 1. The monoisotopic (exact) mass is 382 g/mol. The number of esters is 1. The first kappa shape index (κ1) is 22.3. The summed E-state index contributed by atoms with van der Waals surface area (Å²) in [6.07, 6.45) is 0.00397. The second kappa shape index (κ2) is 8.74. The lowest BCUT2D eigenvalue weighted by molar-refractivity contribution is -0.385. The molecule has 1 unspecified atom stereocenters. The highest BCUT2D eigenvalue weighted by Crippen LogP contribution is 2.37. The van der Waals surface area contributed by atoms with Crippen molar-refractivity contribution in [1.29, 1.82) is 0 Å². The van der Waals surface area contributed by atoms with Crippen molar-refractivity contribution in [1.82, 2.24) is 5.32 Å². The summed E-state index contributed by atoms with van der Waals surface area (Å²) in [5.74, 6) is -0.594. The lowest BCUT2D eigenvalue weighted by Gasteiger charge is -2.38. The molecule has 0 aliphatic heterocycles. The number of carbonyl (C=O) groups excluding carboxylic acids is 1. The van der Waals surface area contributed by atoms with Crippen LogP contribution in [0.1, 0.15) is 43.6 Å². The second-order valence-electron chi connectivity index (χ2n) is 7.91. The number of hydrogen-bond acceptors (Lipinski definition) is 6. The first-order chi connectivity index (χ1) is 11.9. The molecule has 0 spiro atoms. The Labute approximate surface area is 156 Å². The zero-order chi connectivity index (χ0) is 20.1. The highest BCUT2D eigenvalue weighted by molar-refractivity contribution is 6.74. The summed E-state index contributed by atoms with van der Waals surface area (Å²) in [6.45, 7) is 13.9. The van der Waals surface area contributed by atoms with Crippen LogP contribution in [0.3, 0.4) is 0 Å². The van der Waals surface area contributed by atoms with E-state index in [-0.39, 0.29) is 22.4 Å². The zero-order valence-corrected chi connectivity index (χ0v) is 17.7. The number of hydrogen-bond donors (Lipinski definition) is 1. The van der Waals surface area contributed by atoms with E-state index in [2.05, 4.69) is 43.9 Å². The van der Waals surface area contributed by atoms with Crippen LogP contribution < -0.4 is 5.32 Å². The average Bonchev–Trinajstić information content (AvgIpc) is 2.52. The molecule has 0 aliphatic carbocycles. The Morgan fingerprint density at radius 2 is 1.96 bits per heavy atom. The van der Waals surface area contributed by atoms with Gasteiger partial charge in [-0.05, 0) is 31.1 Å². The molecule has 26 heavy (non-hydrogen) atoms. The summed E-state index contributed by atoms with van der Waals surface area (Å²) in [6, 6.07) is 4.36. The van der Waals surface area contributed by atoms with Crippen molar-refractivity contribution in [2.24, 2.45) is 0 Å². The van der Waals surface area contributed by atoms with Crippen molar-refractivity contribution in [3.05, 3.63) is 39.4 Å². The number of nitro groups is 1. The quantitative estimate of drug-likeness (QED) is 0.317. The number of methoxy groups -OCH3 is 1. The summed E-state index contributed by atoms with van der Waals surface area (Å²) in [5, 5.41) is 14.6. The summed E-state index contributed by atoms with van der Waals surface area (Å²) in [7, 11) is -0.607. The van der Waals surface area contributed by atoms with Crippen molar-refractivity contribution in [3.63, 3.8) is 0 Å². The van der Waals surface area contributed by atoms with Gasteiger partial charge in [-0.3, -0.25) is 10.1 Å². The van der Waals surface area contributed by atoms with Crippen LogP contribution in [-0.2, 0) is 15.7 Å². The molecule has 0 amide bonds. The third kappa shape index (κ3) is 5.89. The van der Waals surface area contributed by atoms with Gasteiger partial charge in [-0.15, -0.1) is 0 Å². The Morgan fingerprint density at radius 1 is 1.35 bits per heavy atom. The summed E-state index contributed by atoms with van der Waals surface area (Å²) in [5.41, 5.74) is 0.582. The van der Waals surface area contributed by atoms with E-state index >= 15 is 0 Å². The van der Waals surface area contributed by atoms with Crippen molar-refractivity contribution in [2.75, 3.05) is 13.7 Å². The number of rotatable bonds is 8. The SMILES string of the molecule is COC(=O)c1ccc(CNCC(C)O[Si](C)(C)C(C)(C)C)c([N+](=O)[O-])c1. The molecule has 1 N–H and O–H groups in total. The predicted octanol–water partition coefficient (Wildman–Crippen LogP) is 3.88. The highest BCUT2D eigenvalue weighted by Gasteiger charge is 2.38. The number of carbonyl (C=O) groups is 1. The molecular formula is C18H30N2O5Si. The predicted molar refractivity (Wildman–Crippen MR) is 104 cm³/mol. The molecule has 0 fully saturated rings. The standard InChI is InChI=1S/C18H30N2O5Si/c1-13(25-26(6,7)18(2,3)4)11-19-12-15-9-8-14(17(21)24-5)10-16(15)20(22)23/h8-10,13,19H,11-12H2,1-7H3. The molecule has 1 atom stereocenters. The van der Waals surface area contributed by atoms with Crippen molar-refractivity contribution in [3.8, 4) is 0 Å². The zero-order valence-electron chi connectivity index (χ0n) is 16.7. The topological polar surface area (TPSA) is 90.7 Å². The first-order valence-electron chi connectivity index (χ1n) is 8.63. The van der Waals surface area contributed by atoms with Gasteiger partial charge in [0.05, 0.1) is 23.7 Å². The van der Waals surface area contributed by atoms with Crippen LogP contribution in [0.4, 0.5) is 5.69 Å². The highest BCUT2D eigenvalue weighted by atomic mass is 28.4. The lowest BCUT2D eigenvalue weighted by Crippen LogP contribution is -2.45. The van der Waals surface area contributed by atoms with Crippen LogP contribution in [0.15, 0.2) is 18.2 Å².